The smallest absolute Gasteiger partial charge is 0.415 e. The van der Waals surface area contributed by atoms with E-state index in [1.165, 1.54) is 180 Å². The molecule has 0 spiro atoms. The van der Waals surface area contributed by atoms with Gasteiger partial charge in [0.1, 0.15) is 31.3 Å². The van der Waals surface area contributed by atoms with Gasteiger partial charge in [-0.1, -0.05) is 282 Å². The Balaban J connectivity index is 0.00000134. The second kappa shape index (κ2) is 50.3. The molecule has 3 unspecified atom stereocenters. The summed E-state index contributed by atoms with van der Waals surface area (Å²) in [4.78, 5) is 87.7. The third-order valence-electron chi connectivity index (χ3n) is 15.3. The number of unbranched alkanes of at least 4 members (excludes halogenated alkanes) is 30. The van der Waals surface area contributed by atoms with Gasteiger partial charge in [0.25, 0.3) is 0 Å². The van der Waals surface area contributed by atoms with Gasteiger partial charge in [0.05, 0.1) is 0 Å². The molecular weight excluding hydrogens is 1030 g/mol. The summed E-state index contributed by atoms with van der Waals surface area (Å²) in [5.74, 6) is -2.10. The Morgan fingerprint density at radius 1 is 0.537 bits per heavy atom. The molecule has 4 rings (SSSR count). The molecule has 0 radical (unpaired) electrons. The quantitative estimate of drug-likeness (QED) is 0.0249. The molecule has 2 heterocycles. The molecule has 2 aliphatic heterocycles. The molecule has 0 saturated carbocycles. The van der Waals surface area contributed by atoms with Gasteiger partial charge in [-0.15, -0.1) is 0 Å². The fraction of sp³-hybridized carbons (Fsp3) is 0.721. The zero-order valence-electron chi connectivity index (χ0n) is 49.7. The summed E-state index contributed by atoms with van der Waals surface area (Å²) in [7, 11) is 0. The molecule has 0 aromatic heterocycles. The van der Waals surface area contributed by atoms with E-state index in [0.29, 0.717) is 25.9 Å². The van der Waals surface area contributed by atoms with Crippen molar-refractivity contribution in [2.75, 3.05) is 13.1 Å². The van der Waals surface area contributed by atoms with E-state index >= 15 is 0 Å². The van der Waals surface area contributed by atoms with Gasteiger partial charge in [-0.2, -0.15) is 0 Å². The maximum Gasteiger partial charge on any atom is 0.415 e. The van der Waals surface area contributed by atoms with Gasteiger partial charge in [0.15, 0.2) is 0 Å². The van der Waals surface area contributed by atoms with Crippen LogP contribution in [-0.2, 0) is 56.2 Å². The van der Waals surface area contributed by atoms with Gasteiger partial charge in [0, 0.05) is 32.4 Å². The molecule has 14 heteroatoms. The van der Waals surface area contributed by atoms with E-state index in [9.17, 15) is 33.6 Å². The highest BCUT2D eigenvalue weighted by atomic mass is 16.6. The highest BCUT2D eigenvalue weighted by molar-refractivity contribution is 5.96. The van der Waals surface area contributed by atoms with Crippen LogP contribution in [0.25, 0.3) is 0 Å². The minimum absolute atomic E-state index is 0. The first-order valence-electron chi connectivity index (χ1n) is 31.9. The van der Waals surface area contributed by atoms with Crippen LogP contribution >= 0.6 is 0 Å². The molecule has 4 amide bonds. The van der Waals surface area contributed by atoms with E-state index in [-0.39, 0.29) is 71.5 Å². The number of ether oxygens (including phenoxy) is 3. The number of carbonyl (C=O) groups excluding carboxylic acids is 7. The van der Waals surface area contributed by atoms with Crippen molar-refractivity contribution in [1.29, 1.82) is 0 Å². The van der Waals surface area contributed by atoms with Gasteiger partial charge < -0.3 is 35.1 Å². The second-order valence-corrected chi connectivity index (χ2v) is 22.4. The topological polar surface area (TPSA) is 187 Å². The summed E-state index contributed by atoms with van der Waals surface area (Å²) in [6.07, 6.45) is 42.0. The van der Waals surface area contributed by atoms with Crippen molar-refractivity contribution in [1.82, 2.24) is 20.9 Å². The summed E-state index contributed by atoms with van der Waals surface area (Å²) in [6.45, 7) is 6.23. The van der Waals surface area contributed by atoms with Crippen LogP contribution in [0.5, 0.6) is 0 Å². The molecule has 14 nitrogen and oxygen atoms in total. The van der Waals surface area contributed by atoms with Crippen molar-refractivity contribution in [3.05, 3.63) is 71.8 Å². The normalized spacial score (nSPS) is 14.7. The van der Waals surface area contributed by atoms with Crippen LogP contribution in [0.1, 0.15) is 284 Å². The number of alkyl carbamates (subject to hydrolysis) is 1. The fourth-order valence-electron chi connectivity index (χ4n) is 10.3. The minimum Gasteiger partial charge on any atom is -0.461 e. The lowest BCUT2D eigenvalue weighted by Gasteiger charge is -2.29. The summed E-state index contributed by atoms with van der Waals surface area (Å²) in [5, 5.41) is 8.00. The molecule has 2 aromatic rings. The number of hydrogen-bond donors (Lipinski definition) is 3. The van der Waals surface area contributed by atoms with E-state index in [1.54, 1.807) is 0 Å². The van der Waals surface area contributed by atoms with Crippen LogP contribution in [-0.4, -0.2) is 77.8 Å². The van der Waals surface area contributed by atoms with E-state index in [0.717, 1.165) is 36.8 Å². The van der Waals surface area contributed by atoms with Gasteiger partial charge in [0.2, 0.25) is 17.7 Å². The van der Waals surface area contributed by atoms with Crippen LogP contribution in [0, 0.1) is 0 Å². The lowest BCUT2D eigenvalue weighted by atomic mass is 10.0. The number of rotatable bonds is 47. The number of cyclic esters (lactones) is 2. The van der Waals surface area contributed by atoms with Crippen LogP contribution in [0.2, 0.25) is 0 Å². The third-order valence-corrected chi connectivity index (χ3v) is 15.3. The SMILES string of the molecule is C.C.CCCCCCCCCCCCCCCCCCN(CCCCCCCCCCCCCCCCCC)C(=O)C(CCC(=O)OCc1ccccc1)NC(=O)C1CCC(=O)N1.O=C(CCC1NC(=O)OC1=O)OCc1ccccc1. The van der Waals surface area contributed by atoms with Crippen molar-refractivity contribution in [3.63, 3.8) is 0 Å². The van der Waals surface area contributed by atoms with E-state index < -0.39 is 42.1 Å². The molecule has 2 fully saturated rings. The predicted molar refractivity (Wildman–Crippen MR) is 332 cm³/mol. The van der Waals surface area contributed by atoms with Gasteiger partial charge >= 0.3 is 24.0 Å². The van der Waals surface area contributed by atoms with Crippen molar-refractivity contribution in [2.45, 2.75) is 304 Å². The Kier molecular flexibility index (Phi) is 45.8. The zero-order valence-corrected chi connectivity index (χ0v) is 49.7. The van der Waals surface area contributed by atoms with Crippen LogP contribution in [0.15, 0.2) is 60.7 Å². The predicted octanol–water partition coefficient (Wildman–Crippen LogP) is 16.0. The number of hydrogen-bond acceptors (Lipinski definition) is 10. The summed E-state index contributed by atoms with van der Waals surface area (Å²) in [5.41, 5.74) is 1.79. The summed E-state index contributed by atoms with van der Waals surface area (Å²) in [6, 6.07) is 16.6. The molecule has 0 bridgehead atoms. The van der Waals surface area contributed by atoms with Crippen LogP contribution < -0.4 is 16.0 Å². The minimum atomic E-state index is -0.851. The Labute approximate surface area is 497 Å². The molecule has 3 atom stereocenters. The third kappa shape index (κ3) is 37.8. The van der Waals surface area contributed by atoms with Crippen LogP contribution in [0.3, 0.4) is 0 Å². The number of nitrogens with zero attached hydrogens (tertiary/aromatic N) is 1. The van der Waals surface area contributed by atoms with Gasteiger partial charge in [-0.05, 0) is 43.2 Å². The Morgan fingerprint density at radius 2 is 0.915 bits per heavy atom. The first-order valence-corrected chi connectivity index (χ1v) is 31.9. The molecule has 3 N–H and O–H groups in total. The summed E-state index contributed by atoms with van der Waals surface area (Å²) < 4.78 is 14.9. The molecular formula is C68H114N4O10. The molecule has 0 aliphatic carbocycles. The molecule has 2 saturated heterocycles. The van der Waals surface area contributed by atoms with E-state index in [1.807, 2.05) is 65.6 Å². The maximum atomic E-state index is 14.3. The van der Waals surface area contributed by atoms with Crippen molar-refractivity contribution in [2.24, 2.45) is 0 Å². The molecule has 82 heavy (non-hydrogen) atoms. The lowest BCUT2D eigenvalue weighted by molar-refractivity contribution is -0.146. The summed E-state index contributed by atoms with van der Waals surface area (Å²) >= 11 is 0. The first-order chi connectivity index (χ1) is 39.1. The van der Waals surface area contributed by atoms with E-state index in [4.69, 9.17) is 9.47 Å². The standard InChI is InChI=1S/C53H93N3O5.C13H13NO5.2CH4/c1-3-5-7-9-11-13-15-17-19-21-23-25-27-29-31-36-44-56(45-37-32-30-28-26-24-22-20-18-16-14-12-10-8-6-4-2)53(60)49(55-52(59)48-40-42-50(57)54-48)41-43-51(58)61-46-47-38-34-33-35-39-47;15-11(18-8-9-4-2-1-3-5-9)7-6-10-12(16)19-13(17)14-10;;/h33-35,38-39,48-49H,3-32,36-37,40-46H2,1-2H3,(H,54,57)(H,55,59);1-5,10H,6-8H2,(H,14,17);2*1H4. The number of carbonyl (C=O) groups is 7. The van der Waals surface area contributed by atoms with Crippen molar-refractivity contribution in [3.8, 4) is 0 Å². The maximum absolute atomic E-state index is 14.3. The first kappa shape index (κ1) is 74.7. The number of esters is 3. The highest BCUT2D eigenvalue weighted by Gasteiger charge is 2.34. The lowest BCUT2D eigenvalue weighted by Crippen LogP contribution is -2.53. The number of nitrogens with one attached hydrogen (secondary N) is 3. The Hall–Kier alpha value is -5.27. The largest absolute Gasteiger partial charge is 0.461 e. The fourth-order valence-corrected chi connectivity index (χ4v) is 10.3. The van der Waals surface area contributed by atoms with Crippen LogP contribution in [0.4, 0.5) is 4.79 Å². The zero-order chi connectivity index (χ0) is 57.5. The Bertz CT molecular complexity index is 1930. The van der Waals surface area contributed by atoms with Gasteiger partial charge in [-0.25, -0.2) is 9.59 Å². The molecule has 466 valence electrons. The monoisotopic (exact) mass is 1150 g/mol. The molecule has 2 aliphatic rings. The second-order valence-electron chi connectivity index (χ2n) is 22.4. The number of amides is 4. The van der Waals surface area contributed by atoms with Crippen molar-refractivity contribution >= 4 is 41.7 Å². The Morgan fingerprint density at radius 3 is 1.27 bits per heavy atom. The van der Waals surface area contributed by atoms with Gasteiger partial charge in [-0.3, -0.25) is 24.0 Å². The average Bonchev–Trinajstić information content (AvgIpc) is 4.11. The highest BCUT2D eigenvalue weighted by Crippen LogP contribution is 2.18. The van der Waals surface area contributed by atoms with E-state index in [2.05, 4.69) is 34.5 Å². The van der Waals surface area contributed by atoms with Crippen molar-refractivity contribution < 1.29 is 47.8 Å². The average molecular weight is 1150 g/mol. The number of benzene rings is 2. The molecule has 2 aromatic carbocycles.